The molecule has 1 saturated heterocycles. The summed E-state index contributed by atoms with van der Waals surface area (Å²) in [6.45, 7) is 4.02. The lowest BCUT2D eigenvalue weighted by molar-refractivity contribution is -0.0193. The van der Waals surface area contributed by atoms with Crippen LogP contribution in [-0.4, -0.2) is 70.0 Å². The van der Waals surface area contributed by atoms with Gasteiger partial charge in [0.05, 0.1) is 6.61 Å². The number of hydrogen-bond donors (Lipinski definition) is 3. The lowest BCUT2D eigenvalue weighted by Gasteiger charge is -2.25. The first-order chi connectivity index (χ1) is 17.8. The highest BCUT2D eigenvalue weighted by Gasteiger charge is 2.45. The minimum absolute atomic E-state index is 0.212. The smallest absolute Gasteiger partial charge is 0.382 e. The van der Waals surface area contributed by atoms with Crippen molar-refractivity contribution >= 4 is 33.0 Å². The minimum Gasteiger partial charge on any atom is -0.382 e. The number of rotatable bonds is 23. The summed E-state index contributed by atoms with van der Waals surface area (Å²) in [6, 6.07) is -0.609. The van der Waals surface area contributed by atoms with E-state index in [0.717, 1.165) is 26.5 Å². The second-order valence-corrected chi connectivity index (χ2v) is 12.0. The molecule has 0 saturated carbocycles. The molecule has 0 bridgehead atoms. The molecule has 11 heteroatoms. The predicted molar refractivity (Wildman–Crippen MR) is 155 cm³/mol. The first-order valence-corrected chi connectivity index (χ1v) is 16.2. The number of phosphoric acid groups is 1. The van der Waals surface area contributed by atoms with E-state index in [1.807, 2.05) is 0 Å². The lowest BCUT2D eigenvalue weighted by atomic mass is 9.82. The number of methoxy groups -OCH3 is 1. The van der Waals surface area contributed by atoms with Crippen molar-refractivity contribution in [2.45, 2.75) is 121 Å². The Kier molecular flexibility index (Phi) is 20.3. The first kappa shape index (κ1) is 34.8. The largest absolute Gasteiger partial charge is 0.472 e. The van der Waals surface area contributed by atoms with E-state index in [2.05, 4.69) is 22.1 Å². The summed E-state index contributed by atoms with van der Waals surface area (Å²) in [5.41, 5.74) is 0. The van der Waals surface area contributed by atoms with E-state index in [9.17, 15) is 9.46 Å². The Morgan fingerprint density at radius 3 is 1.95 bits per heavy atom. The zero-order valence-corrected chi connectivity index (χ0v) is 25.2. The van der Waals surface area contributed by atoms with Crippen molar-refractivity contribution in [2.75, 3.05) is 33.9 Å². The second kappa shape index (κ2) is 21.6. The molecule has 1 aliphatic heterocycles. The number of thiocarbonyl (C=S) groups is 1. The molecule has 2 radical (unpaired) electrons. The maximum atomic E-state index is 12.0. The van der Waals surface area contributed by atoms with Crippen molar-refractivity contribution in [3.8, 4) is 0 Å². The van der Waals surface area contributed by atoms with Crippen molar-refractivity contribution in [1.29, 1.82) is 0 Å². The van der Waals surface area contributed by atoms with Gasteiger partial charge in [-0.1, -0.05) is 84.0 Å². The Morgan fingerprint density at radius 1 is 0.919 bits per heavy atom. The normalized spacial score (nSPS) is 23.1. The minimum atomic E-state index is -4.17. The third kappa shape index (κ3) is 16.5. The maximum absolute atomic E-state index is 12.0. The van der Waals surface area contributed by atoms with Crippen LogP contribution in [0.15, 0.2) is 0 Å². The summed E-state index contributed by atoms with van der Waals surface area (Å²) in [7, 11) is 4.62. The van der Waals surface area contributed by atoms with Gasteiger partial charge >= 0.3 is 7.82 Å². The zero-order chi connectivity index (χ0) is 27.4. The monoisotopic (exact) mass is 562 g/mol. The predicted octanol–water partition coefficient (Wildman–Crippen LogP) is 5.61. The molecule has 0 aromatic heterocycles. The van der Waals surface area contributed by atoms with Crippen molar-refractivity contribution in [3.05, 3.63) is 0 Å². The topological polar surface area (TPSA) is 98.3 Å². The molecule has 0 spiro atoms. The van der Waals surface area contributed by atoms with Crippen LogP contribution in [0.2, 0.25) is 0 Å². The lowest BCUT2D eigenvalue weighted by Crippen LogP contribution is -2.37. The van der Waals surface area contributed by atoms with E-state index in [4.69, 9.17) is 34.1 Å². The van der Waals surface area contributed by atoms with E-state index in [0.29, 0.717) is 18.1 Å². The summed E-state index contributed by atoms with van der Waals surface area (Å²) in [4.78, 5) is 9.78. The van der Waals surface area contributed by atoms with Crippen molar-refractivity contribution < 1.29 is 28.0 Å². The van der Waals surface area contributed by atoms with Crippen LogP contribution in [0.4, 0.5) is 0 Å². The fourth-order valence-corrected chi connectivity index (χ4v) is 5.65. The van der Waals surface area contributed by atoms with Gasteiger partial charge < -0.3 is 25.0 Å². The van der Waals surface area contributed by atoms with Gasteiger partial charge in [-0.05, 0) is 31.5 Å². The number of unbranched alkanes of at least 4 members (excludes halogenated alkanes) is 12. The van der Waals surface area contributed by atoms with Crippen molar-refractivity contribution in [2.24, 2.45) is 5.92 Å². The standard InChI is InChI=1S/C26H52BN2O6PS/c1-4-5-6-7-8-9-10-11-12-13-14-15-16-19-28-26(37)29-20-17-18-22-24(35-36(30,31)33-3)23(21-32-2)34-25(22)27/h22-25H,4-21H2,1-3H3,(H,30,31)(H2,28,29,37)/t22-,23+,24?,25+/m0/s1. The molecule has 37 heavy (non-hydrogen) atoms. The molecule has 1 aliphatic rings. The fraction of sp³-hybridized carbons (Fsp3) is 0.962. The highest BCUT2D eigenvalue weighted by Crippen LogP contribution is 2.48. The summed E-state index contributed by atoms with van der Waals surface area (Å²) >= 11 is 5.38. The van der Waals surface area contributed by atoms with E-state index < -0.39 is 26.0 Å². The molecule has 1 rings (SSSR count). The van der Waals surface area contributed by atoms with Gasteiger partial charge in [-0.15, -0.1) is 0 Å². The molecule has 3 N–H and O–H groups in total. The molecule has 2 unspecified atom stereocenters. The maximum Gasteiger partial charge on any atom is 0.472 e. The molecule has 0 amide bonds. The Bertz CT molecular complexity index is 636. The molecular weight excluding hydrogens is 510 g/mol. The number of ether oxygens (including phenoxy) is 2. The van der Waals surface area contributed by atoms with Crippen LogP contribution in [0.1, 0.15) is 103 Å². The van der Waals surface area contributed by atoms with Gasteiger partial charge in [0.25, 0.3) is 0 Å². The molecular formula is C26H52BN2O6PS. The van der Waals surface area contributed by atoms with E-state index in [-0.39, 0.29) is 12.5 Å². The second-order valence-electron chi connectivity index (χ2n) is 10.0. The third-order valence-electron chi connectivity index (χ3n) is 6.92. The van der Waals surface area contributed by atoms with Gasteiger partial charge in [0.15, 0.2) is 5.11 Å². The van der Waals surface area contributed by atoms with Crippen LogP contribution in [0.5, 0.6) is 0 Å². The van der Waals surface area contributed by atoms with Gasteiger partial charge in [-0.2, -0.15) is 0 Å². The zero-order valence-electron chi connectivity index (χ0n) is 23.5. The van der Waals surface area contributed by atoms with Crippen molar-refractivity contribution in [1.82, 2.24) is 10.6 Å². The molecule has 0 aliphatic carbocycles. The quantitative estimate of drug-likeness (QED) is 0.0635. The number of phosphoric ester groups is 1. The van der Waals surface area contributed by atoms with Crippen molar-refractivity contribution in [3.63, 3.8) is 0 Å². The third-order valence-corrected chi connectivity index (χ3v) is 8.18. The van der Waals surface area contributed by atoms with Crippen LogP contribution < -0.4 is 10.6 Å². The summed E-state index contributed by atoms with van der Waals surface area (Å²) < 4.78 is 32.8. The molecule has 216 valence electrons. The Morgan fingerprint density at radius 2 is 1.43 bits per heavy atom. The molecule has 0 aromatic rings. The Hall–Kier alpha value is -0.215. The van der Waals surface area contributed by atoms with Gasteiger partial charge in [-0.25, -0.2) is 4.57 Å². The van der Waals surface area contributed by atoms with Gasteiger partial charge in [-0.3, -0.25) is 9.05 Å². The van der Waals surface area contributed by atoms with Crippen LogP contribution in [-0.2, 0) is 23.1 Å². The highest BCUT2D eigenvalue weighted by atomic mass is 32.1. The SMILES string of the molecule is [B][C@@H]1O[C@H](COC)C(OP(=O)(O)OC)[C@@H]1CCCNC(=S)NCCCCCCCCCCCCCCC. The molecule has 8 nitrogen and oxygen atoms in total. The average Bonchev–Trinajstić information content (AvgIpc) is 3.15. The molecule has 1 heterocycles. The number of nitrogens with one attached hydrogen (secondary N) is 2. The van der Waals surface area contributed by atoms with Gasteiger partial charge in [0, 0.05) is 39.2 Å². The van der Waals surface area contributed by atoms with Crippen LogP contribution in [0, 0.1) is 5.92 Å². The fourth-order valence-electron chi connectivity index (χ4n) is 4.76. The molecule has 5 atom stereocenters. The highest BCUT2D eigenvalue weighted by molar-refractivity contribution is 7.80. The van der Waals surface area contributed by atoms with Crippen LogP contribution >= 0.6 is 20.0 Å². The van der Waals surface area contributed by atoms with Gasteiger partial charge in [0.1, 0.15) is 20.1 Å². The number of hydrogen-bond acceptors (Lipinski definition) is 6. The van der Waals surface area contributed by atoms with Crippen LogP contribution in [0.25, 0.3) is 0 Å². The van der Waals surface area contributed by atoms with Crippen LogP contribution in [0.3, 0.4) is 0 Å². The summed E-state index contributed by atoms with van der Waals surface area (Å²) in [5.74, 6) is -0.259. The summed E-state index contributed by atoms with van der Waals surface area (Å²) in [6.07, 6.45) is 17.6. The van der Waals surface area contributed by atoms with Gasteiger partial charge in [0.2, 0.25) is 0 Å². The molecule has 0 aromatic carbocycles. The first-order valence-electron chi connectivity index (χ1n) is 14.3. The van der Waals surface area contributed by atoms with E-state index in [1.54, 1.807) is 0 Å². The van der Waals surface area contributed by atoms with E-state index >= 15 is 0 Å². The van der Waals surface area contributed by atoms with E-state index in [1.165, 1.54) is 84.2 Å². The summed E-state index contributed by atoms with van der Waals surface area (Å²) in [5, 5.41) is 7.15. The Balaban J connectivity index is 2.07. The average molecular weight is 563 g/mol. The molecule has 1 fully saturated rings. The Labute approximate surface area is 232 Å².